The first kappa shape index (κ1) is 13.7. The number of anilines is 1. The number of aliphatic hydroxyl groups excluding tert-OH is 1. The molecule has 90 valence electrons. The van der Waals surface area contributed by atoms with Gasteiger partial charge in [-0.15, -0.1) is 11.6 Å². The van der Waals surface area contributed by atoms with Gasteiger partial charge in [0.2, 0.25) is 0 Å². The van der Waals surface area contributed by atoms with E-state index in [4.69, 9.17) is 11.6 Å². The highest BCUT2D eigenvalue weighted by molar-refractivity contribution is 9.10. The van der Waals surface area contributed by atoms with E-state index in [1.165, 1.54) is 13.0 Å². The summed E-state index contributed by atoms with van der Waals surface area (Å²) < 4.78 is 27.0. The molecular weight excluding hydrogens is 303 g/mol. The molecule has 0 saturated carbocycles. The summed E-state index contributed by atoms with van der Waals surface area (Å²) in [6.45, 7) is 1.45. The lowest BCUT2D eigenvalue weighted by atomic mass is 10.2. The van der Waals surface area contributed by atoms with Crippen LogP contribution in [0.3, 0.4) is 0 Å². The van der Waals surface area contributed by atoms with Crippen molar-refractivity contribution < 1.29 is 13.9 Å². The van der Waals surface area contributed by atoms with Crippen molar-refractivity contribution in [1.29, 1.82) is 0 Å². The fourth-order valence-corrected chi connectivity index (χ4v) is 1.78. The Bertz CT molecular complexity index is 390. The van der Waals surface area contributed by atoms with Gasteiger partial charge in [-0.2, -0.15) is 0 Å². The summed E-state index contributed by atoms with van der Waals surface area (Å²) in [7, 11) is 0. The SMILES string of the molecule is Cc1c(F)c(Br)cc(NCC(O)CCl)c1F. The first-order valence-electron chi connectivity index (χ1n) is 4.59. The van der Waals surface area contributed by atoms with Crippen molar-refractivity contribution in [3.63, 3.8) is 0 Å². The predicted octanol–water partition coefficient (Wildman–Crippen LogP) is 3.05. The first-order chi connectivity index (χ1) is 7.47. The smallest absolute Gasteiger partial charge is 0.152 e. The molecule has 0 aliphatic rings. The van der Waals surface area contributed by atoms with E-state index in [0.29, 0.717) is 0 Å². The number of benzene rings is 1. The van der Waals surface area contributed by atoms with Crippen LogP contribution < -0.4 is 5.32 Å². The largest absolute Gasteiger partial charge is 0.390 e. The molecule has 0 aliphatic carbocycles. The molecule has 0 fully saturated rings. The Balaban J connectivity index is 2.89. The highest BCUT2D eigenvalue weighted by atomic mass is 79.9. The fourth-order valence-electron chi connectivity index (χ4n) is 1.14. The summed E-state index contributed by atoms with van der Waals surface area (Å²) in [5.41, 5.74) is 0.0622. The number of hydrogen-bond acceptors (Lipinski definition) is 2. The summed E-state index contributed by atoms with van der Waals surface area (Å²) >= 11 is 8.38. The molecule has 1 aromatic carbocycles. The molecule has 6 heteroatoms. The number of halogens is 4. The minimum atomic E-state index is -0.773. The molecule has 0 aliphatic heterocycles. The van der Waals surface area contributed by atoms with Crippen LogP contribution in [0.5, 0.6) is 0 Å². The van der Waals surface area contributed by atoms with Crippen LogP contribution in [0.4, 0.5) is 14.5 Å². The van der Waals surface area contributed by atoms with Gasteiger partial charge in [-0.05, 0) is 28.9 Å². The monoisotopic (exact) mass is 313 g/mol. The number of nitrogens with one attached hydrogen (secondary N) is 1. The topological polar surface area (TPSA) is 32.3 Å². The van der Waals surface area contributed by atoms with Gasteiger partial charge in [0.25, 0.3) is 0 Å². The van der Waals surface area contributed by atoms with Crippen molar-refractivity contribution in [2.45, 2.75) is 13.0 Å². The minimum absolute atomic E-state index is 0.0516. The third-order valence-corrected chi connectivity index (χ3v) is 3.02. The van der Waals surface area contributed by atoms with Crippen LogP contribution in [0.25, 0.3) is 0 Å². The third kappa shape index (κ3) is 3.06. The van der Waals surface area contributed by atoms with Crippen LogP contribution in [0.1, 0.15) is 5.56 Å². The Morgan fingerprint density at radius 3 is 2.69 bits per heavy atom. The molecule has 1 aromatic rings. The maximum Gasteiger partial charge on any atom is 0.152 e. The van der Waals surface area contributed by atoms with Gasteiger partial charge in [0.1, 0.15) is 5.82 Å². The summed E-state index contributed by atoms with van der Waals surface area (Å²) in [5, 5.41) is 11.9. The Morgan fingerprint density at radius 2 is 2.12 bits per heavy atom. The van der Waals surface area contributed by atoms with Crippen LogP contribution in [-0.4, -0.2) is 23.6 Å². The van der Waals surface area contributed by atoms with Crippen LogP contribution in [-0.2, 0) is 0 Å². The highest BCUT2D eigenvalue weighted by Crippen LogP contribution is 2.27. The van der Waals surface area contributed by atoms with Gasteiger partial charge >= 0.3 is 0 Å². The van der Waals surface area contributed by atoms with Crippen LogP contribution in [0.15, 0.2) is 10.5 Å². The Morgan fingerprint density at radius 1 is 1.50 bits per heavy atom. The lowest BCUT2D eigenvalue weighted by Gasteiger charge is -2.13. The molecule has 0 radical (unpaired) electrons. The molecule has 0 heterocycles. The number of alkyl halides is 1. The average molecular weight is 315 g/mol. The summed E-state index contributed by atoms with van der Waals surface area (Å²) in [5.74, 6) is -1.24. The van der Waals surface area contributed by atoms with E-state index >= 15 is 0 Å². The Labute approximate surface area is 106 Å². The van der Waals surface area contributed by atoms with Crippen LogP contribution in [0.2, 0.25) is 0 Å². The molecule has 0 spiro atoms. The molecule has 2 N–H and O–H groups in total. The van der Waals surface area contributed by atoms with Gasteiger partial charge in [0.05, 0.1) is 22.1 Å². The summed E-state index contributed by atoms with van der Waals surface area (Å²) in [4.78, 5) is 0. The molecule has 1 atom stereocenters. The molecule has 0 aromatic heterocycles. The number of rotatable bonds is 4. The van der Waals surface area contributed by atoms with Crippen molar-refractivity contribution in [2.75, 3.05) is 17.7 Å². The Kier molecular flexibility index (Phi) is 4.95. The van der Waals surface area contributed by atoms with E-state index in [-0.39, 0.29) is 28.1 Å². The zero-order valence-electron chi connectivity index (χ0n) is 8.53. The maximum atomic E-state index is 13.6. The second-order valence-electron chi connectivity index (χ2n) is 3.35. The number of hydrogen-bond donors (Lipinski definition) is 2. The van der Waals surface area contributed by atoms with Crippen molar-refractivity contribution in [2.24, 2.45) is 0 Å². The molecule has 1 rings (SSSR count). The zero-order chi connectivity index (χ0) is 12.3. The standard InChI is InChI=1S/C10H11BrClF2NO/c1-5-9(13)7(11)2-8(10(5)14)15-4-6(16)3-12/h2,6,15-16H,3-4H2,1H3. The zero-order valence-corrected chi connectivity index (χ0v) is 10.9. The van der Waals surface area contributed by atoms with E-state index in [2.05, 4.69) is 21.2 Å². The molecular formula is C10H11BrClF2NO. The summed E-state index contributed by atoms with van der Waals surface area (Å²) in [6, 6.07) is 1.29. The van der Waals surface area contributed by atoms with E-state index in [1.54, 1.807) is 0 Å². The molecule has 16 heavy (non-hydrogen) atoms. The van der Waals surface area contributed by atoms with E-state index < -0.39 is 17.7 Å². The van der Waals surface area contributed by atoms with Gasteiger partial charge in [-0.1, -0.05) is 0 Å². The Hall–Kier alpha value is -0.390. The van der Waals surface area contributed by atoms with Gasteiger partial charge in [-0.25, -0.2) is 8.78 Å². The predicted molar refractivity (Wildman–Crippen MR) is 64.0 cm³/mol. The van der Waals surface area contributed by atoms with Gasteiger partial charge in [0.15, 0.2) is 5.82 Å². The number of aliphatic hydroxyl groups is 1. The molecule has 2 nitrogen and oxygen atoms in total. The van der Waals surface area contributed by atoms with Crippen molar-refractivity contribution in [3.8, 4) is 0 Å². The van der Waals surface area contributed by atoms with Crippen molar-refractivity contribution in [3.05, 3.63) is 27.7 Å². The van der Waals surface area contributed by atoms with E-state index in [0.717, 1.165) is 0 Å². The normalized spacial score (nSPS) is 12.6. The fraction of sp³-hybridized carbons (Fsp3) is 0.400. The van der Waals surface area contributed by atoms with E-state index in [9.17, 15) is 13.9 Å². The quantitative estimate of drug-likeness (QED) is 0.661. The van der Waals surface area contributed by atoms with Crippen LogP contribution in [0, 0.1) is 18.6 Å². The lowest BCUT2D eigenvalue weighted by Crippen LogP contribution is -2.21. The van der Waals surface area contributed by atoms with Crippen molar-refractivity contribution >= 4 is 33.2 Å². The van der Waals surface area contributed by atoms with Gasteiger partial charge < -0.3 is 10.4 Å². The molecule has 0 amide bonds. The minimum Gasteiger partial charge on any atom is -0.390 e. The maximum absolute atomic E-state index is 13.6. The van der Waals surface area contributed by atoms with Crippen LogP contribution >= 0.6 is 27.5 Å². The summed E-state index contributed by atoms with van der Waals surface area (Å²) in [6.07, 6.45) is -0.773. The molecule has 1 unspecified atom stereocenters. The lowest BCUT2D eigenvalue weighted by molar-refractivity contribution is 0.211. The average Bonchev–Trinajstić information content (AvgIpc) is 2.28. The van der Waals surface area contributed by atoms with Gasteiger partial charge in [0, 0.05) is 12.1 Å². The third-order valence-electron chi connectivity index (χ3n) is 2.08. The second-order valence-corrected chi connectivity index (χ2v) is 4.51. The highest BCUT2D eigenvalue weighted by Gasteiger charge is 2.14. The second kappa shape index (κ2) is 5.80. The van der Waals surface area contributed by atoms with Crippen molar-refractivity contribution in [1.82, 2.24) is 0 Å². The molecule has 0 bridgehead atoms. The first-order valence-corrected chi connectivity index (χ1v) is 5.92. The van der Waals surface area contributed by atoms with Gasteiger partial charge in [-0.3, -0.25) is 0 Å². The molecule has 0 saturated heterocycles. The van der Waals surface area contributed by atoms with E-state index in [1.807, 2.05) is 0 Å².